The molecule has 0 heterocycles. The van der Waals surface area contributed by atoms with E-state index in [1.54, 1.807) is 0 Å². The number of hydrogen-bond acceptors (Lipinski definition) is 3. The van der Waals surface area contributed by atoms with Gasteiger partial charge >= 0.3 is 0 Å². The standard InChI is InChI=1S/C10H24N2O2S/c1-5-10(4)8-12-15(13,14)7-6-11-9(2)3/h9-12H,5-8H2,1-4H3. The van der Waals surface area contributed by atoms with Crippen molar-refractivity contribution >= 4 is 10.0 Å². The van der Waals surface area contributed by atoms with Gasteiger partial charge in [0.2, 0.25) is 10.0 Å². The molecule has 0 aliphatic rings. The van der Waals surface area contributed by atoms with Gasteiger partial charge in [0.15, 0.2) is 0 Å². The van der Waals surface area contributed by atoms with Crippen LogP contribution in [0.4, 0.5) is 0 Å². The summed E-state index contributed by atoms with van der Waals surface area (Å²) >= 11 is 0. The van der Waals surface area contributed by atoms with Crippen molar-refractivity contribution in [3.05, 3.63) is 0 Å². The first-order chi connectivity index (χ1) is 6.87. The van der Waals surface area contributed by atoms with E-state index in [2.05, 4.69) is 17.0 Å². The third kappa shape index (κ3) is 8.84. The second kappa shape index (κ2) is 7.19. The number of rotatable bonds is 8. The van der Waals surface area contributed by atoms with E-state index in [4.69, 9.17) is 0 Å². The lowest BCUT2D eigenvalue weighted by Gasteiger charge is -2.12. The van der Waals surface area contributed by atoms with Crippen molar-refractivity contribution in [1.29, 1.82) is 0 Å². The fourth-order valence-corrected chi connectivity index (χ4v) is 2.04. The molecule has 0 aliphatic carbocycles. The van der Waals surface area contributed by atoms with Gasteiger partial charge in [-0.2, -0.15) is 0 Å². The maximum atomic E-state index is 11.5. The van der Waals surface area contributed by atoms with Crippen LogP contribution in [-0.2, 0) is 10.0 Å². The largest absolute Gasteiger partial charge is 0.313 e. The molecule has 0 aromatic heterocycles. The van der Waals surface area contributed by atoms with Crippen molar-refractivity contribution in [2.45, 2.75) is 40.2 Å². The van der Waals surface area contributed by atoms with Crippen molar-refractivity contribution in [1.82, 2.24) is 10.0 Å². The maximum Gasteiger partial charge on any atom is 0.212 e. The van der Waals surface area contributed by atoms with Gasteiger partial charge in [-0.15, -0.1) is 0 Å². The molecule has 0 aromatic carbocycles. The van der Waals surface area contributed by atoms with Gasteiger partial charge in [0.05, 0.1) is 5.75 Å². The molecule has 5 heteroatoms. The molecule has 15 heavy (non-hydrogen) atoms. The van der Waals surface area contributed by atoms with Gasteiger partial charge in [0.1, 0.15) is 0 Å². The smallest absolute Gasteiger partial charge is 0.212 e. The Hall–Kier alpha value is -0.130. The molecule has 0 aliphatic heterocycles. The molecule has 4 nitrogen and oxygen atoms in total. The molecule has 92 valence electrons. The number of sulfonamides is 1. The Morgan fingerprint density at radius 3 is 2.27 bits per heavy atom. The molecule has 0 saturated carbocycles. The van der Waals surface area contributed by atoms with Crippen LogP contribution < -0.4 is 10.0 Å². The van der Waals surface area contributed by atoms with E-state index in [1.807, 2.05) is 20.8 Å². The summed E-state index contributed by atoms with van der Waals surface area (Å²) in [7, 11) is -3.09. The van der Waals surface area contributed by atoms with Crippen LogP contribution in [0.25, 0.3) is 0 Å². The zero-order valence-corrected chi connectivity index (χ0v) is 11.0. The van der Waals surface area contributed by atoms with Gasteiger partial charge in [0.25, 0.3) is 0 Å². The van der Waals surface area contributed by atoms with E-state index in [1.165, 1.54) is 0 Å². The first kappa shape index (κ1) is 14.9. The Bertz CT molecular complexity index is 250. The summed E-state index contributed by atoms with van der Waals surface area (Å²) < 4.78 is 25.6. The van der Waals surface area contributed by atoms with Gasteiger partial charge in [-0.05, 0) is 5.92 Å². The molecule has 2 N–H and O–H groups in total. The van der Waals surface area contributed by atoms with Crippen molar-refractivity contribution in [3.63, 3.8) is 0 Å². The van der Waals surface area contributed by atoms with Crippen molar-refractivity contribution in [3.8, 4) is 0 Å². The van der Waals surface area contributed by atoms with E-state index < -0.39 is 10.0 Å². The van der Waals surface area contributed by atoms with Gasteiger partial charge in [-0.1, -0.05) is 34.1 Å². The Morgan fingerprint density at radius 2 is 1.80 bits per heavy atom. The van der Waals surface area contributed by atoms with Crippen LogP contribution in [0, 0.1) is 5.92 Å². The minimum atomic E-state index is -3.09. The lowest BCUT2D eigenvalue weighted by Crippen LogP contribution is -2.36. The van der Waals surface area contributed by atoms with E-state index in [-0.39, 0.29) is 5.75 Å². The van der Waals surface area contributed by atoms with Crippen LogP contribution in [-0.4, -0.2) is 33.3 Å². The summed E-state index contributed by atoms with van der Waals surface area (Å²) in [6.45, 7) is 9.14. The molecule has 0 aromatic rings. The van der Waals surface area contributed by atoms with Crippen LogP contribution in [0.15, 0.2) is 0 Å². The van der Waals surface area contributed by atoms with Gasteiger partial charge in [-0.25, -0.2) is 13.1 Å². The van der Waals surface area contributed by atoms with Crippen LogP contribution >= 0.6 is 0 Å². The lowest BCUT2D eigenvalue weighted by molar-refractivity contribution is 0.525. The van der Waals surface area contributed by atoms with E-state index in [9.17, 15) is 8.42 Å². The van der Waals surface area contributed by atoms with Crippen LogP contribution in [0.3, 0.4) is 0 Å². The Balaban J connectivity index is 3.78. The molecular weight excluding hydrogens is 212 g/mol. The molecule has 1 atom stereocenters. The third-order valence-electron chi connectivity index (χ3n) is 2.27. The Labute approximate surface area is 93.9 Å². The fraction of sp³-hybridized carbons (Fsp3) is 1.00. The summed E-state index contributed by atoms with van der Waals surface area (Å²) in [6, 6.07) is 0.328. The summed E-state index contributed by atoms with van der Waals surface area (Å²) in [6.07, 6.45) is 0.993. The van der Waals surface area contributed by atoms with Gasteiger partial charge in [-0.3, -0.25) is 0 Å². The first-order valence-electron chi connectivity index (χ1n) is 5.58. The molecule has 0 spiro atoms. The summed E-state index contributed by atoms with van der Waals surface area (Å²) in [5, 5.41) is 3.08. The number of nitrogens with one attached hydrogen (secondary N) is 2. The van der Waals surface area contributed by atoms with Gasteiger partial charge < -0.3 is 5.32 Å². The quantitative estimate of drug-likeness (QED) is 0.660. The zero-order chi connectivity index (χ0) is 11.9. The predicted octanol–water partition coefficient (Wildman–Crippen LogP) is 0.950. The zero-order valence-electron chi connectivity index (χ0n) is 10.2. The molecule has 1 unspecified atom stereocenters. The average Bonchev–Trinajstić information content (AvgIpc) is 2.13. The summed E-state index contributed by atoms with van der Waals surface area (Å²) in [5.41, 5.74) is 0. The van der Waals surface area contributed by atoms with Crippen LogP contribution in [0.5, 0.6) is 0 Å². The normalized spacial score (nSPS) is 14.5. The van der Waals surface area contributed by atoms with Crippen molar-refractivity contribution < 1.29 is 8.42 Å². The highest BCUT2D eigenvalue weighted by molar-refractivity contribution is 7.89. The highest BCUT2D eigenvalue weighted by atomic mass is 32.2. The highest BCUT2D eigenvalue weighted by Gasteiger charge is 2.10. The van der Waals surface area contributed by atoms with Crippen molar-refractivity contribution in [2.75, 3.05) is 18.8 Å². The molecule has 0 rings (SSSR count). The molecule has 0 radical (unpaired) electrons. The average molecular weight is 236 g/mol. The Morgan fingerprint density at radius 1 is 1.20 bits per heavy atom. The highest BCUT2D eigenvalue weighted by Crippen LogP contribution is 1.98. The fourth-order valence-electron chi connectivity index (χ4n) is 0.968. The minimum absolute atomic E-state index is 0.154. The van der Waals surface area contributed by atoms with E-state index >= 15 is 0 Å². The van der Waals surface area contributed by atoms with E-state index in [0.717, 1.165) is 6.42 Å². The molecular formula is C10H24N2O2S. The topological polar surface area (TPSA) is 58.2 Å². The van der Waals surface area contributed by atoms with Crippen LogP contribution in [0.1, 0.15) is 34.1 Å². The second-order valence-electron chi connectivity index (χ2n) is 4.29. The second-order valence-corrected chi connectivity index (χ2v) is 6.22. The first-order valence-corrected chi connectivity index (χ1v) is 7.23. The lowest BCUT2D eigenvalue weighted by atomic mass is 10.1. The summed E-state index contributed by atoms with van der Waals surface area (Å²) in [4.78, 5) is 0. The molecule has 0 amide bonds. The summed E-state index contributed by atoms with van der Waals surface area (Å²) in [5.74, 6) is 0.555. The molecule has 0 fully saturated rings. The monoisotopic (exact) mass is 236 g/mol. The minimum Gasteiger partial charge on any atom is -0.313 e. The van der Waals surface area contributed by atoms with E-state index in [0.29, 0.717) is 25.0 Å². The van der Waals surface area contributed by atoms with Gasteiger partial charge in [0, 0.05) is 19.1 Å². The van der Waals surface area contributed by atoms with Crippen LogP contribution in [0.2, 0.25) is 0 Å². The molecule has 0 bridgehead atoms. The molecule has 0 saturated heterocycles. The predicted molar refractivity (Wildman–Crippen MR) is 64.4 cm³/mol. The Kier molecular flexibility index (Phi) is 7.13. The third-order valence-corrected chi connectivity index (χ3v) is 3.62. The van der Waals surface area contributed by atoms with Crippen molar-refractivity contribution in [2.24, 2.45) is 5.92 Å². The maximum absolute atomic E-state index is 11.5. The number of hydrogen-bond donors (Lipinski definition) is 2. The SMILES string of the molecule is CCC(C)CNS(=O)(=O)CCNC(C)C.